The molecule has 122 valence electrons. The van der Waals surface area contributed by atoms with Gasteiger partial charge in [0.05, 0.1) is 20.1 Å². The fourth-order valence-corrected chi connectivity index (χ4v) is 1.77. The standard InChI is InChI=1S/C11H19NO9/c1-4(14)12-7-5(15)2-11(20,10(18)19)21-9(7)8(17)6(16)3-13/h5-9,13,15-17,20H,2-3H2,1H3,(H,12,14)(H,18,19)/t5-,6+,7+,8+,9+,11?/m0/s1/i2D2,5D. The van der Waals surface area contributed by atoms with Gasteiger partial charge in [0.2, 0.25) is 5.91 Å². The van der Waals surface area contributed by atoms with Crippen molar-refractivity contribution in [1.82, 2.24) is 5.32 Å². The van der Waals surface area contributed by atoms with Gasteiger partial charge >= 0.3 is 5.97 Å². The molecule has 0 aromatic heterocycles. The Labute approximate surface area is 123 Å². The number of rotatable bonds is 5. The molecule has 1 aliphatic rings. The number of aliphatic hydroxyl groups is 5. The molecule has 0 spiro atoms. The summed E-state index contributed by atoms with van der Waals surface area (Å²) < 4.78 is 27.6. The molecule has 21 heavy (non-hydrogen) atoms. The van der Waals surface area contributed by atoms with Crippen molar-refractivity contribution in [3.05, 3.63) is 0 Å². The fraction of sp³-hybridized carbons (Fsp3) is 0.818. The lowest BCUT2D eigenvalue weighted by atomic mass is 9.88. The molecular formula is C11H19NO9. The molecule has 10 nitrogen and oxygen atoms in total. The number of amides is 1. The van der Waals surface area contributed by atoms with Crippen LogP contribution in [0.25, 0.3) is 0 Å². The number of aliphatic carboxylic acids is 1. The van der Waals surface area contributed by atoms with Crippen LogP contribution in [0.15, 0.2) is 0 Å². The number of aliphatic hydroxyl groups excluding tert-OH is 3. The second-order valence-corrected chi connectivity index (χ2v) is 4.46. The van der Waals surface area contributed by atoms with Crippen LogP contribution in [0.3, 0.4) is 0 Å². The van der Waals surface area contributed by atoms with Crippen LogP contribution < -0.4 is 5.32 Å². The van der Waals surface area contributed by atoms with Crippen molar-refractivity contribution in [2.45, 2.75) is 49.5 Å². The molecule has 1 fully saturated rings. The third-order valence-electron chi connectivity index (χ3n) is 2.79. The first-order valence-corrected chi connectivity index (χ1v) is 5.84. The number of ether oxygens (including phenoxy) is 1. The average Bonchev–Trinajstić information content (AvgIpc) is 2.46. The number of carboxylic acid groups (broad SMARTS) is 1. The van der Waals surface area contributed by atoms with Gasteiger partial charge < -0.3 is 40.7 Å². The quantitative estimate of drug-likeness (QED) is 0.267. The molecule has 1 saturated heterocycles. The highest BCUT2D eigenvalue weighted by molar-refractivity contribution is 5.76. The fourth-order valence-electron chi connectivity index (χ4n) is 1.77. The van der Waals surface area contributed by atoms with Crippen molar-refractivity contribution in [1.29, 1.82) is 0 Å². The van der Waals surface area contributed by atoms with E-state index in [9.17, 15) is 30.0 Å². The van der Waals surface area contributed by atoms with Gasteiger partial charge in [-0.2, -0.15) is 0 Å². The van der Waals surface area contributed by atoms with Gasteiger partial charge in [0.1, 0.15) is 18.3 Å². The molecule has 7 N–H and O–H groups in total. The second kappa shape index (κ2) is 6.64. The molecule has 10 heteroatoms. The van der Waals surface area contributed by atoms with E-state index in [4.69, 9.17) is 14.3 Å². The van der Waals surface area contributed by atoms with Crippen molar-refractivity contribution < 1.29 is 49.1 Å². The molecule has 0 aromatic rings. The SMILES string of the molecule is [2H]C1([2H])C(O)(C(=O)O)O[C@@H]([C@H](O)[C@H](O)CO)[C@H](NC(C)=O)[C@@]1([2H])O. The molecule has 6 atom stereocenters. The summed E-state index contributed by atoms with van der Waals surface area (Å²) in [5, 5.41) is 59.4. The maximum atomic E-state index is 11.3. The largest absolute Gasteiger partial charge is 0.477 e. The van der Waals surface area contributed by atoms with Crippen LogP contribution in [0, 0.1) is 0 Å². The Morgan fingerprint density at radius 1 is 1.57 bits per heavy atom. The summed E-state index contributed by atoms with van der Waals surface area (Å²) in [5.41, 5.74) is 0. The smallest absolute Gasteiger partial charge is 0.364 e. The highest BCUT2D eigenvalue weighted by atomic mass is 16.7. The predicted octanol–water partition coefficient (Wildman–Crippen LogP) is -3.87. The van der Waals surface area contributed by atoms with E-state index >= 15 is 0 Å². The van der Waals surface area contributed by atoms with Crippen molar-refractivity contribution in [2.24, 2.45) is 0 Å². The van der Waals surface area contributed by atoms with E-state index in [-0.39, 0.29) is 0 Å². The maximum Gasteiger partial charge on any atom is 0.364 e. The minimum absolute atomic E-state index is 0.901. The van der Waals surface area contributed by atoms with Gasteiger partial charge in [-0.15, -0.1) is 0 Å². The molecule has 1 rings (SSSR count). The predicted molar refractivity (Wildman–Crippen MR) is 64.8 cm³/mol. The van der Waals surface area contributed by atoms with Gasteiger partial charge in [-0.05, 0) is 0 Å². The summed E-state index contributed by atoms with van der Waals surface area (Å²) in [7, 11) is 0. The summed E-state index contributed by atoms with van der Waals surface area (Å²) in [6.45, 7) is -0.113. The van der Waals surface area contributed by atoms with Crippen LogP contribution in [-0.4, -0.2) is 85.3 Å². The topological polar surface area (TPSA) is 177 Å². The molecule has 0 radical (unpaired) electrons. The Bertz CT molecular complexity index is 517. The van der Waals surface area contributed by atoms with Gasteiger partial charge in [0.15, 0.2) is 0 Å². The van der Waals surface area contributed by atoms with Gasteiger partial charge in [0.25, 0.3) is 5.79 Å². The first-order chi connectivity index (χ1) is 10.7. The molecule has 1 heterocycles. The Morgan fingerprint density at radius 3 is 2.57 bits per heavy atom. The molecule has 0 saturated carbocycles. The lowest BCUT2D eigenvalue weighted by Crippen LogP contribution is -2.67. The van der Waals surface area contributed by atoms with Crippen LogP contribution in [0.1, 0.15) is 17.4 Å². The lowest BCUT2D eigenvalue weighted by molar-refractivity contribution is -0.295. The molecule has 1 unspecified atom stereocenters. The number of carbonyl (C=O) groups is 2. The second-order valence-electron chi connectivity index (χ2n) is 4.46. The zero-order valence-electron chi connectivity index (χ0n) is 13.9. The zero-order chi connectivity index (χ0) is 19.1. The van der Waals surface area contributed by atoms with Crippen LogP contribution in [-0.2, 0) is 14.3 Å². The highest BCUT2D eigenvalue weighted by Crippen LogP contribution is 2.30. The third kappa shape index (κ3) is 3.87. The Hall–Kier alpha value is -1.30. The van der Waals surface area contributed by atoms with Gasteiger partial charge in [-0.3, -0.25) is 4.79 Å². The van der Waals surface area contributed by atoms with Gasteiger partial charge in [-0.1, -0.05) is 0 Å². The number of nitrogens with one attached hydrogen (secondary N) is 1. The normalized spacial score (nSPS) is 43.8. The molecule has 1 amide bonds. The van der Waals surface area contributed by atoms with E-state index in [1.807, 2.05) is 5.32 Å². The van der Waals surface area contributed by atoms with Crippen molar-refractivity contribution >= 4 is 11.9 Å². The number of carbonyl (C=O) groups excluding carboxylic acids is 1. The summed E-state index contributed by atoms with van der Waals surface area (Å²) >= 11 is 0. The highest BCUT2D eigenvalue weighted by Gasteiger charge is 2.53. The Morgan fingerprint density at radius 2 is 2.14 bits per heavy atom. The van der Waals surface area contributed by atoms with Crippen molar-refractivity contribution in [2.75, 3.05) is 6.61 Å². The minimum atomic E-state index is -3.78. The van der Waals surface area contributed by atoms with E-state index in [0.29, 0.717) is 0 Å². The number of hydrogen-bond acceptors (Lipinski definition) is 8. The maximum absolute atomic E-state index is 11.3. The Balaban J connectivity index is 3.48. The number of carboxylic acids is 1. The van der Waals surface area contributed by atoms with Crippen molar-refractivity contribution in [3.63, 3.8) is 0 Å². The first kappa shape index (κ1) is 13.4. The van der Waals surface area contributed by atoms with Crippen LogP contribution in [0.4, 0.5) is 0 Å². The molecular weight excluding hydrogens is 290 g/mol. The van der Waals surface area contributed by atoms with E-state index in [2.05, 4.69) is 4.74 Å². The van der Waals surface area contributed by atoms with Crippen molar-refractivity contribution in [3.8, 4) is 0 Å². The summed E-state index contributed by atoms with van der Waals surface area (Å²) in [6, 6.07) is -2.08. The van der Waals surface area contributed by atoms with E-state index in [1.54, 1.807) is 0 Å². The third-order valence-corrected chi connectivity index (χ3v) is 2.79. The molecule has 0 aromatic carbocycles. The monoisotopic (exact) mass is 312 g/mol. The summed E-state index contributed by atoms with van der Waals surface area (Å²) in [5.74, 6) is -6.99. The first-order valence-electron chi connectivity index (χ1n) is 7.34. The Kier molecular flexibility index (Phi) is 4.23. The summed E-state index contributed by atoms with van der Waals surface area (Å²) in [6.07, 6.45) is -13.4. The summed E-state index contributed by atoms with van der Waals surface area (Å²) in [4.78, 5) is 22.5. The average molecular weight is 312 g/mol. The van der Waals surface area contributed by atoms with Gasteiger partial charge in [-0.25, -0.2) is 4.79 Å². The lowest BCUT2D eigenvalue weighted by Gasteiger charge is -2.44. The van der Waals surface area contributed by atoms with E-state index in [1.165, 1.54) is 0 Å². The number of hydrogen-bond donors (Lipinski definition) is 7. The minimum Gasteiger partial charge on any atom is -0.477 e. The molecule has 0 aliphatic carbocycles. The van der Waals surface area contributed by atoms with E-state index in [0.717, 1.165) is 6.92 Å². The van der Waals surface area contributed by atoms with Crippen LogP contribution in [0.2, 0.25) is 0 Å². The van der Waals surface area contributed by atoms with Gasteiger partial charge in [0, 0.05) is 16.0 Å². The molecule has 1 aliphatic heterocycles. The zero-order valence-corrected chi connectivity index (χ0v) is 10.9. The molecule has 0 bridgehead atoms. The van der Waals surface area contributed by atoms with E-state index < -0.39 is 61.1 Å². The van der Waals surface area contributed by atoms with Crippen LogP contribution in [0.5, 0.6) is 0 Å². The van der Waals surface area contributed by atoms with Crippen LogP contribution >= 0.6 is 0 Å².